The Morgan fingerprint density at radius 3 is 2.20 bits per heavy atom. The van der Waals surface area contributed by atoms with Crippen molar-refractivity contribution in [3.63, 3.8) is 0 Å². The van der Waals surface area contributed by atoms with Crippen molar-refractivity contribution < 1.29 is 28.7 Å². The number of carbonyl (C=O) groups is 4. The Morgan fingerprint density at radius 2 is 1.57 bits per heavy atom. The van der Waals surface area contributed by atoms with Gasteiger partial charge in [-0.15, -0.1) is 0 Å². The molecule has 0 aliphatic heterocycles. The fourth-order valence-corrected chi connectivity index (χ4v) is 5.53. The van der Waals surface area contributed by atoms with Crippen LogP contribution in [0.1, 0.15) is 103 Å². The molecule has 0 spiro atoms. The Hall–Kier alpha value is -3.76. The molecule has 1 aromatic carbocycles. The van der Waals surface area contributed by atoms with Gasteiger partial charge in [-0.25, -0.2) is 14.4 Å². The van der Waals surface area contributed by atoms with Crippen LogP contribution in [0.15, 0.2) is 30.5 Å². The zero-order valence-corrected chi connectivity index (χ0v) is 26.5. The number of fused-ring (bicyclic) bond motifs is 1. The van der Waals surface area contributed by atoms with Gasteiger partial charge in [0.25, 0.3) is 0 Å². The van der Waals surface area contributed by atoms with E-state index in [0.29, 0.717) is 6.42 Å². The number of para-hydroxylation sites is 1. The zero-order valence-electron chi connectivity index (χ0n) is 26.5. The topological polar surface area (TPSA) is 165 Å². The lowest BCUT2D eigenvalue weighted by Gasteiger charge is -2.26. The van der Waals surface area contributed by atoms with Gasteiger partial charge in [0.15, 0.2) is 0 Å². The van der Waals surface area contributed by atoms with E-state index in [1.165, 1.54) is 25.7 Å². The lowest BCUT2D eigenvalue weighted by atomic mass is 10.0. The van der Waals surface area contributed by atoms with Crippen LogP contribution in [0.2, 0.25) is 0 Å². The van der Waals surface area contributed by atoms with Crippen molar-refractivity contribution in [2.45, 2.75) is 128 Å². The quantitative estimate of drug-likeness (QED) is 0.169. The summed E-state index contributed by atoms with van der Waals surface area (Å²) in [5, 5.41) is 9.00. The van der Waals surface area contributed by atoms with Gasteiger partial charge in [0.1, 0.15) is 23.8 Å². The fourth-order valence-electron chi connectivity index (χ4n) is 5.53. The van der Waals surface area contributed by atoms with Crippen molar-refractivity contribution in [3.8, 4) is 0 Å². The van der Waals surface area contributed by atoms with Crippen molar-refractivity contribution >= 4 is 34.9 Å². The van der Waals surface area contributed by atoms with Gasteiger partial charge in [0, 0.05) is 30.1 Å². The lowest BCUT2D eigenvalue weighted by molar-refractivity contribution is -0.154. The van der Waals surface area contributed by atoms with Crippen molar-refractivity contribution in [2.24, 2.45) is 5.73 Å². The lowest BCUT2D eigenvalue weighted by Crippen LogP contribution is -2.53. The highest BCUT2D eigenvalue weighted by molar-refractivity contribution is 5.91. The number of nitrogens with two attached hydrogens (primary N) is 1. The van der Waals surface area contributed by atoms with Gasteiger partial charge < -0.3 is 36.1 Å². The predicted octanol–water partition coefficient (Wildman–Crippen LogP) is 5.36. The van der Waals surface area contributed by atoms with E-state index in [4.69, 9.17) is 15.2 Å². The number of rotatable bonds is 11. The number of H-pyrrole nitrogens is 1. The molecule has 11 nitrogen and oxygen atoms in total. The number of hydrogen-bond acceptors (Lipinski definition) is 6. The number of ether oxygens (including phenoxy) is 2. The van der Waals surface area contributed by atoms with Gasteiger partial charge >= 0.3 is 18.1 Å². The minimum absolute atomic E-state index is 0.169. The molecule has 2 atom stereocenters. The van der Waals surface area contributed by atoms with Gasteiger partial charge in [-0.2, -0.15) is 0 Å². The summed E-state index contributed by atoms with van der Waals surface area (Å²) in [4.78, 5) is 54.5. The number of urea groups is 1. The Balaban J connectivity index is 1.77. The van der Waals surface area contributed by atoms with Crippen molar-refractivity contribution in [2.75, 3.05) is 6.54 Å². The third kappa shape index (κ3) is 12.5. The molecule has 1 aliphatic carbocycles. The summed E-state index contributed by atoms with van der Waals surface area (Å²) < 4.78 is 11.5. The smallest absolute Gasteiger partial charge is 0.408 e. The number of benzene rings is 1. The van der Waals surface area contributed by atoms with Gasteiger partial charge in [-0.05, 0) is 70.9 Å². The van der Waals surface area contributed by atoms with E-state index < -0.39 is 41.7 Å². The average molecular weight is 614 g/mol. The first-order valence-corrected chi connectivity index (χ1v) is 16.1. The molecule has 1 fully saturated rings. The minimum atomic E-state index is -1.03. The molecular formula is C33H51N5O6. The first kappa shape index (κ1) is 34.7. The molecule has 1 heterocycles. The summed E-state index contributed by atoms with van der Waals surface area (Å²) in [6.45, 7) is 5.48. The number of hydrogen-bond donors (Lipinski definition) is 5. The van der Waals surface area contributed by atoms with Crippen LogP contribution >= 0.6 is 0 Å². The monoisotopic (exact) mass is 613 g/mol. The van der Waals surface area contributed by atoms with Crippen LogP contribution in [0.5, 0.6) is 0 Å². The van der Waals surface area contributed by atoms with Crippen molar-refractivity contribution in [1.29, 1.82) is 0 Å². The highest BCUT2D eigenvalue weighted by Crippen LogP contribution is 2.21. The standard InChI is InChI=1S/C33H51N5O6/c1-33(2,3)44-32(42)38-28(21-23-22-36-26-18-13-12-17-25(23)26)29(39)37-27(19-14-20-35-31(34)41)30(40)43-24-15-10-8-6-4-5-7-9-11-16-24/h12-13,17-18,22,24,27-28,36H,4-11,14-16,19-21H2,1-3H3,(H,37,39)(H,38,42)(H3,34,35,41)/t27-,28-/m0/s1. The van der Waals surface area contributed by atoms with E-state index in [1.807, 2.05) is 30.5 Å². The number of amides is 4. The first-order chi connectivity index (χ1) is 21.0. The third-order valence-electron chi connectivity index (χ3n) is 7.76. The summed E-state index contributed by atoms with van der Waals surface area (Å²) >= 11 is 0. The third-order valence-corrected chi connectivity index (χ3v) is 7.76. The number of esters is 1. The first-order valence-electron chi connectivity index (χ1n) is 16.1. The van der Waals surface area contributed by atoms with Crippen LogP contribution in [0.25, 0.3) is 10.9 Å². The number of primary amides is 1. The second-order valence-electron chi connectivity index (χ2n) is 12.7. The normalized spacial score (nSPS) is 16.6. The Kier molecular flexibility index (Phi) is 13.8. The van der Waals surface area contributed by atoms with Crippen molar-refractivity contribution in [1.82, 2.24) is 20.9 Å². The van der Waals surface area contributed by atoms with Crippen LogP contribution < -0.4 is 21.7 Å². The summed E-state index contributed by atoms with van der Waals surface area (Å²) in [5.74, 6) is -1.05. The maximum absolute atomic E-state index is 13.8. The number of carbonyl (C=O) groups excluding carboxylic acids is 4. The Morgan fingerprint density at radius 1 is 0.932 bits per heavy atom. The van der Waals surface area contributed by atoms with E-state index in [0.717, 1.165) is 55.0 Å². The van der Waals surface area contributed by atoms with E-state index >= 15 is 0 Å². The number of nitrogens with one attached hydrogen (secondary N) is 4. The molecule has 2 aromatic rings. The van der Waals surface area contributed by atoms with Crippen LogP contribution in [-0.2, 0) is 25.5 Å². The molecule has 1 aromatic heterocycles. The minimum Gasteiger partial charge on any atom is -0.461 e. The Bertz CT molecular complexity index is 1210. The van der Waals surface area contributed by atoms with Gasteiger partial charge in [-0.3, -0.25) is 4.79 Å². The molecule has 1 saturated carbocycles. The maximum Gasteiger partial charge on any atom is 0.408 e. The van der Waals surface area contributed by atoms with Gasteiger partial charge in [0.05, 0.1) is 0 Å². The Labute approximate surface area is 260 Å². The molecule has 11 heteroatoms. The van der Waals surface area contributed by atoms with Crippen LogP contribution in [0.3, 0.4) is 0 Å². The molecule has 0 saturated heterocycles. The molecule has 244 valence electrons. The maximum atomic E-state index is 13.8. The summed E-state index contributed by atoms with van der Waals surface area (Å²) in [7, 11) is 0. The molecule has 0 unspecified atom stereocenters. The summed E-state index contributed by atoms with van der Waals surface area (Å²) in [6.07, 6.45) is 12.3. The summed E-state index contributed by atoms with van der Waals surface area (Å²) in [6, 6.07) is 5.03. The molecule has 3 rings (SSSR count). The van der Waals surface area contributed by atoms with Gasteiger partial charge in [0.2, 0.25) is 5.91 Å². The predicted molar refractivity (Wildman–Crippen MR) is 170 cm³/mol. The molecule has 44 heavy (non-hydrogen) atoms. The highest BCUT2D eigenvalue weighted by atomic mass is 16.6. The van der Waals surface area contributed by atoms with E-state index in [2.05, 4.69) is 20.9 Å². The number of aromatic amines is 1. The molecular weight excluding hydrogens is 562 g/mol. The molecule has 0 bridgehead atoms. The molecule has 1 aliphatic rings. The highest BCUT2D eigenvalue weighted by Gasteiger charge is 2.31. The zero-order chi connectivity index (χ0) is 32.0. The second kappa shape index (κ2) is 17.5. The SMILES string of the molecule is CC(C)(C)OC(=O)N[C@@H](Cc1c[nH]c2ccccc12)C(=O)N[C@@H](CCCNC(N)=O)C(=O)OC1CCCCCCCCCC1. The van der Waals surface area contributed by atoms with E-state index in [1.54, 1.807) is 20.8 Å². The number of alkyl carbamates (subject to hydrolysis) is 1. The average Bonchev–Trinajstić information content (AvgIpc) is 3.33. The van der Waals surface area contributed by atoms with Crippen LogP contribution in [0.4, 0.5) is 9.59 Å². The van der Waals surface area contributed by atoms with E-state index in [-0.39, 0.29) is 25.5 Å². The van der Waals surface area contributed by atoms with Crippen LogP contribution in [-0.4, -0.2) is 59.3 Å². The summed E-state index contributed by atoms with van der Waals surface area (Å²) in [5.41, 5.74) is 6.18. The molecule has 0 radical (unpaired) electrons. The second-order valence-corrected chi connectivity index (χ2v) is 12.7. The van der Waals surface area contributed by atoms with Crippen LogP contribution in [0, 0.1) is 0 Å². The fraction of sp³-hybridized carbons (Fsp3) is 0.636. The van der Waals surface area contributed by atoms with Crippen molar-refractivity contribution in [3.05, 3.63) is 36.0 Å². The largest absolute Gasteiger partial charge is 0.461 e. The van der Waals surface area contributed by atoms with Gasteiger partial charge in [-0.1, -0.05) is 56.7 Å². The number of aromatic nitrogens is 1. The van der Waals surface area contributed by atoms with E-state index in [9.17, 15) is 19.2 Å². The molecule has 4 amide bonds. The molecule has 6 N–H and O–H groups in total.